The van der Waals surface area contributed by atoms with Crippen LogP contribution in [0.25, 0.3) is 0 Å². The van der Waals surface area contributed by atoms with Gasteiger partial charge in [-0.2, -0.15) is 5.10 Å². The fourth-order valence-corrected chi connectivity index (χ4v) is 1.62. The molecule has 0 unspecified atom stereocenters. The number of hydrogen-bond donors (Lipinski definition) is 2. The number of amides is 1. The van der Waals surface area contributed by atoms with Crippen molar-refractivity contribution in [2.24, 2.45) is 0 Å². The second kappa shape index (κ2) is 5.30. The molecule has 2 aromatic rings. The van der Waals surface area contributed by atoms with Gasteiger partial charge in [0, 0.05) is 11.9 Å². The topological polar surface area (TPSA) is 57.8 Å². The van der Waals surface area contributed by atoms with Crippen molar-refractivity contribution in [1.29, 1.82) is 0 Å². The number of anilines is 1. The summed E-state index contributed by atoms with van der Waals surface area (Å²) in [7, 11) is 0. The molecule has 0 saturated carbocycles. The number of nitrogens with zero attached hydrogens (tertiary/aromatic N) is 1. The summed E-state index contributed by atoms with van der Waals surface area (Å²) < 4.78 is 0. The van der Waals surface area contributed by atoms with Gasteiger partial charge in [0.1, 0.15) is 5.69 Å². The van der Waals surface area contributed by atoms with Gasteiger partial charge in [0.2, 0.25) is 0 Å². The first kappa shape index (κ1) is 11.4. The van der Waals surface area contributed by atoms with Gasteiger partial charge in [-0.15, -0.1) is 0 Å². The molecular formula is C13H15N3O. The van der Waals surface area contributed by atoms with Crippen molar-refractivity contribution in [2.45, 2.75) is 19.8 Å². The third-order valence-electron chi connectivity index (χ3n) is 2.50. The van der Waals surface area contributed by atoms with E-state index in [4.69, 9.17) is 0 Å². The van der Waals surface area contributed by atoms with E-state index in [-0.39, 0.29) is 5.91 Å². The minimum Gasteiger partial charge on any atom is -0.321 e. The highest BCUT2D eigenvalue weighted by Gasteiger charge is 2.06. The molecule has 0 atom stereocenters. The van der Waals surface area contributed by atoms with Crippen molar-refractivity contribution >= 4 is 11.6 Å². The fraction of sp³-hybridized carbons (Fsp3) is 0.231. The van der Waals surface area contributed by atoms with Gasteiger partial charge in [0.15, 0.2) is 0 Å². The summed E-state index contributed by atoms with van der Waals surface area (Å²) in [6.07, 6.45) is 3.74. The number of nitrogens with one attached hydrogen (secondary N) is 2. The molecule has 4 heteroatoms. The third kappa shape index (κ3) is 2.93. The van der Waals surface area contributed by atoms with Crippen LogP contribution in [0.1, 0.15) is 29.4 Å². The maximum absolute atomic E-state index is 11.7. The first-order valence-electron chi connectivity index (χ1n) is 5.69. The molecule has 0 radical (unpaired) electrons. The maximum atomic E-state index is 11.7. The third-order valence-corrected chi connectivity index (χ3v) is 2.50. The molecule has 2 rings (SSSR count). The predicted molar refractivity (Wildman–Crippen MR) is 67.0 cm³/mol. The molecule has 1 aromatic carbocycles. The number of aromatic amines is 1. The Hall–Kier alpha value is -2.10. The Kier molecular flexibility index (Phi) is 3.55. The predicted octanol–water partition coefficient (Wildman–Crippen LogP) is 2.61. The van der Waals surface area contributed by atoms with E-state index in [0.29, 0.717) is 5.69 Å². The molecule has 0 bridgehead atoms. The second-order valence-electron chi connectivity index (χ2n) is 3.87. The molecule has 1 heterocycles. The Bertz CT molecular complexity index is 474. The summed E-state index contributed by atoms with van der Waals surface area (Å²) in [5, 5.41) is 9.17. The summed E-state index contributed by atoms with van der Waals surface area (Å²) in [4.78, 5) is 11.7. The van der Waals surface area contributed by atoms with E-state index in [1.54, 1.807) is 12.3 Å². The first-order chi connectivity index (χ1) is 8.29. The molecular weight excluding hydrogens is 214 g/mol. The minimum absolute atomic E-state index is 0.175. The Balaban J connectivity index is 2.01. The van der Waals surface area contributed by atoms with E-state index in [1.807, 2.05) is 24.3 Å². The van der Waals surface area contributed by atoms with E-state index < -0.39 is 0 Å². The lowest BCUT2D eigenvalue weighted by Crippen LogP contribution is -2.12. The first-order valence-corrected chi connectivity index (χ1v) is 5.69. The number of H-pyrrole nitrogens is 1. The summed E-state index contributed by atoms with van der Waals surface area (Å²) >= 11 is 0. The van der Waals surface area contributed by atoms with E-state index in [2.05, 4.69) is 22.4 Å². The summed E-state index contributed by atoms with van der Waals surface area (Å²) in [5.74, 6) is -0.175. The molecule has 0 fully saturated rings. The van der Waals surface area contributed by atoms with Gasteiger partial charge in [-0.3, -0.25) is 9.89 Å². The molecule has 1 amide bonds. The van der Waals surface area contributed by atoms with Crippen LogP contribution in [0.3, 0.4) is 0 Å². The van der Waals surface area contributed by atoms with Gasteiger partial charge in [0.05, 0.1) is 0 Å². The molecule has 17 heavy (non-hydrogen) atoms. The zero-order valence-corrected chi connectivity index (χ0v) is 9.73. The van der Waals surface area contributed by atoms with Crippen LogP contribution in [0.4, 0.5) is 5.69 Å². The molecule has 0 aliphatic rings. The lowest BCUT2D eigenvalue weighted by Gasteiger charge is -2.04. The van der Waals surface area contributed by atoms with Gasteiger partial charge < -0.3 is 5.32 Å². The smallest absolute Gasteiger partial charge is 0.273 e. The molecule has 1 aromatic heterocycles. The van der Waals surface area contributed by atoms with Crippen molar-refractivity contribution < 1.29 is 4.79 Å². The summed E-state index contributed by atoms with van der Waals surface area (Å²) in [6, 6.07) is 9.54. The lowest BCUT2D eigenvalue weighted by molar-refractivity contribution is 0.102. The summed E-state index contributed by atoms with van der Waals surface area (Å²) in [6.45, 7) is 2.15. The quantitative estimate of drug-likeness (QED) is 0.846. The molecule has 88 valence electrons. The van der Waals surface area contributed by atoms with Crippen molar-refractivity contribution in [3.8, 4) is 0 Å². The molecule has 4 nitrogen and oxygen atoms in total. The SMILES string of the molecule is CCCc1ccc(NC(=O)c2ccn[nH]2)cc1. The Morgan fingerprint density at radius 1 is 1.29 bits per heavy atom. The van der Waals surface area contributed by atoms with Gasteiger partial charge in [0.25, 0.3) is 5.91 Å². The van der Waals surface area contributed by atoms with Crippen LogP contribution >= 0.6 is 0 Å². The van der Waals surface area contributed by atoms with Gasteiger partial charge in [-0.05, 0) is 30.2 Å². The van der Waals surface area contributed by atoms with Crippen molar-refractivity contribution in [1.82, 2.24) is 10.2 Å². The van der Waals surface area contributed by atoms with Crippen molar-refractivity contribution in [2.75, 3.05) is 5.32 Å². The van der Waals surface area contributed by atoms with E-state index >= 15 is 0 Å². The second-order valence-corrected chi connectivity index (χ2v) is 3.87. The molecule has 0 aliphatic carbocycles. The van der Waals surface area contributed by atoms with Crippen LogP contribution in [-0.4, -0.2) is 16.1 Å². The Morgan fingerprint density at radius 2 is 2.06 bits per heavy atom. The van der Waals surface area contributed by atoms with Gasteiger partial charge >= 0.3 is 0 Å². The van der Waals surface area contributed by atoms with Gasteiger partial charge in [-0.1, -0.05) is 25.5 Å². The highest BCUT2D eigenvalue weighted by atomic mass is 16.1. The van der Waals surface area contributed by atoms with Crippen LogP contribution < -0.4 is 5.32 Å². The van der Waals surface area contributed by atoms with E-state index in [0.717, 1.165) is 18.5 Å². The van der Waals surface area contributed by atoms with Crippen LogP contribution in [0.2, 0.25) is 0 Å². The number of carbonyl (C=O) groups excluding carboxylic acids is 1. The summed E-state index contributed by atoms with van der Waals surface area (Å²) in [5.41, 5.74) is 2.54. The van der Waals surface area contributed by atoms with Crippen LogP contribution in [0, 0.1) is 0 Å². The number of benzene rings is 1. The lowest BCUT2D eigenvalue weighted by atomic mass is 10.1. The highest BCUT2D eigenvalue weighted by molar-refractivity contribution is 6.02. The highest BCUT2D eigenvalue weighted by Crippen LogP contribution is 2.11. The van der Waals surface area contributed by atoms with Crippen LogP contribution in [-0.2, 0) is 6.42 Å². The minimum atomic E-state index is -0.175. The number of aromatic nitrogens is 2. The largest absolute Gasteiger partial charge is 0.321 e. The van der Waals surface area contributed by atoms with Crippen LogP contribution in [0.5, 0.6) is 0 Å². The Morgan fingerprint density at radius 3 is 2.65 bits per heavy atom. The average Bonchev–Trinajstić information content (AvgIpc) is 2.86. The molecule has 2 N–H and O–H groups in total. The number of hydrogen-bond acceptors (Lipinski definition) is 2. The standard InChI is InChI=1S/C13H15N3O/c1-2-3-10-4-6-11(7-5-10)15-13(17)12-8-9-14-16-12/h4-9H,2-3H2,1H3,(H,14,16)(H,15,17). The maximum Gasteiger partial charge on any atom is 0.273 e. The number of aryl methyl sites for hydroxylation is 1. The van der Waals surface area contributed by atoms with E-state index in [1.165, 1.54) is 5.56 Å². The normalized spacial score (nSPS) is 10.2. The monoisotopic (exact) mass is 229 g/mol. The van der Waals surface area contributed by atoms with Gasteiger partial charge in [-0.25, -0.2) is 0 Å². The molecule has 0 saturated heterocycles. The van der Waals surface area contributed by atoms with Crippen LogP contribution in [0.15, 0.2) is 36.5 Å². The zero-order chi connectivity index (χ0) is 12.1. The number of rotatable bonds is 4. The molecule has 0 spiro atoms. The van der Waals surface area contributed by atoms with Crippen molar-refractivity contribution in [3.05, 3.63) is 47.8 Å². The molecule has 0 aliphatic heterocycles. The van der Waals surface area contributed by atoms with E-state index in [9.17, 15) is 4.79 Å². The van der Waals surface area contributed by atoms with Crippen molar-refractivity contribution in [3.63, 3.8) is 0 Å². The zero-order valence-electron chi connectivity index (χ0n) is 9.73. The Labute approximate surface area is 100 Å². The number of carbonyl (C=O) groups is 1. The average molecular weight is 229 g/mol. The fourth-order valence-electron chi connectivity index (χ4n) is 1.62.